The molecule has 0 bridgehead atoms. The molecule has 3 aromatic heterocycles. The number of fused-ring (bicyclic) bond motifs is 1. The minimum Gasteiger partial charge on any atom is -0.361 e. The zero-order valence-electron chi connectivity index (χ0n) is 15.3. The van der Waals surface area contributed by atoms with Crippen LogP contribution in [0.4, 0.5) is 0 Å². The number of nitrogens with one attached hydrogen (secondary N) is 1. The Hall–Kier alpha value is -2.99. The Bertz CT molecular complexity index is 1050. The third kappa shape index (κ3) is 2.73. The molecule has 0 aliphatic carbocycles. The zero-order chi connectivity index (χ0) is 18.3. The molecule has 136 valence electrons. The van der Waals surface area contributed by atoms with Crippen molar-refractivity contribution in [2.24, 2.45) is 0 Å². The summed E-state index contributed by atoms with van der Waals surface area (Å²) < 4.78 is 1.95. The lowest BCUT2D eigenvalue weighted by atomic mass is 9.88. The van der Waals surface area contributed by atoms with Gasteiger partial charge in [0.1, 0.15) is 12.7 Å². The van der Waals surface area contributed by atoms with Gasteiger partial charge in [-0.05, 0) is 61.7 Å². The third-order valence-corrected chi connectivity index (χ3v) is 5.85. The highest BCUT2D eigenvalue weighted by atomic mass is 15.2. The number of pyridine rings is 1. The highest BCUT2D eigenvalue weighted by molar-refractivity contribution is 5.86. The molecule has 1 atom stereocenters. The fraction of sp³-hybridized carbons (Fsp3) is 0.286. The number of benzene rings is 1. The van der Waals surface area contributed by atoms with Gasteiger partial charge in [-0.1, -0.05) is 6.07 Å². The van der Waals surface area contributed by atoms with Gasteiger partial charge in [0.25, 0.3) is 0 Å². The van der Waals surface area contributed by atoms with Crippen molar-refractivity contribution in [3.05, 3.63) is 72.7 Å². The van der Waals surface area contributed by atoms with E-state index < -0.39 is 0 Å². The largest absolute Gasteiger partial charge is 0.361 e. The van der Waals surface area contributed by atoms with Crippen molar-refractivity contribution in [3.8, 4) is 5.69 Å². The van der Waals surface area contributed by atoms with Gasteiger partial charge in [-0.15, -0.1) is 10.2 Å². The molecule has 6 nitrogen and oxygen atoms in total. The van der Waals surface area contributed by atoms with E-state index in [4.69, 9.17) is 0 Å². The van der Waals surface area contributed by atoms with Crippen molar-refractivity contribution in [2.45, 2.75) is 31.8 Å². The van der Waals surface area contributed by atoms with Crippen molar-refractivity contribution in [1.29, 1.82) is 0 Å². The molecule has 0 saturated carbocycles. The maximum absolute atomic E-state index is 4.28. The molecule has 1 aromatic carbocycles. The van der Waals surface area contributed by atoms with E-state index in [2.05, 4.69) is 62.5 Å². The SMILES string of the molecule is C[C@]1(c2c[nH]c3ccc(-n4cnnc4)cc23)CCCN1Cc1cccnc1. The standard InChI is InChI=1S/C21H22N6/c1-21(7-3-9-27(21)13-16-4-2-8-22-11-16)19-12-23-20-6-5-17(10-18(19)20)26-14-24-25-15-26/h2,4-6,8,10-12,14-15,23H,3,7,9,13H2,1H3/t21-/m1/s1. The first-order valence-corrected chi connectivity index (χ1v) is 9.35. The Morgan fingerprint density at radius 2 is 2.07 bits per heavy atom. The number of nitrogens with zero attached hydrogens (tertiary/aromatic N) is 5. The Labute approximate surface area is 157 Å². The molecule has 1 aliphatic heterocycles. The van der Waals surface area contributed by atoms with Crippen molar-refractivity contribution in [3.63, 3.8) is 0 Å². The lowest BCUT2D eigenvalue weighted by Crippen LogP contribution is -2.37. The molecule has 0 unspecified atom stereocenters. The van der Waals surface area contributed by atoms with Gasteiger partial charge >= 0.3 is 0 Å². The molecule has 4 aromatic rings. The number of hydrogen-bond acceptors (Lipinski definition) is 4. The summed E-state index contributed by atoms with van der Waals surface area (Å²) in [5.74, 6) is 0. The number of H-pyrrole nitrogens is 1. The van der Waals surface area contributed by atoms with E-state index in [9.17, 15) is 0 Å². The summed E-state index contributed by atoms with van der Waals surface area (Å²) in [5.41, 5.74) is 4.86. The minimum absolute atomic E-state index is 0.0000966. The molecule has 5 rings (SSSR count). The average molecular weight is 358 g/mol. The van der Waals surface area contributed by atoms with Crippen LogP contribution < -0.4 is 0 Å². The quantitative estimate of drug-likeness (QED) is 0.605. The van der Waals surface area contributed by atoms with E-state index in [1.807, 2.05) is 23.0 Å². The van der Waals surface area contributed by atoms with Crippen LogP contribution in [0.5, 0.6) is 0 Å². The van der Waals surface area contributed by atoms with Crippen molar-refractivity contribution < 1.29 is 0 Å². The second kappa shape index (κ2) is 6.32. The van der Waals surface area contributed by atoms with Crippen molar-refractivity contribution in [1.82, 2.24) is 29.6 Å². The second-order valence-corrected chi connectivity index (χ2v) is 7.46. The summed E-state index contributed by atoms with van der Waals surface area (Å²) >= 11 is 0. The average Bonchev–Trinajstić information content (AvgIpc) is 3.43. The lowest BCUT2D eigenvalue weighted by molar-refractivity contribution is 0.149. The number of aromatic nitrogens is 5. The first-order chi connectivity index (χ1) is 13.2. The van der Waals surface area contributed by atoms with Gasteiger partial charge in [-0.3, -0.25) is 14.5 Å². The topological polar surface area (TPSA) is 62.6 Å². The smallest absolute Gasteiger partial charge is 0.123 e. The second-order valence-electron chi connectivity index (χ2n) is 7.46. The van der Waals surface area contributed by atoms with Crippen LogP contribution in [0.25, 0.3) is 16.6 Å². The highest BCUT2D eigenvalue weighted by Crippen LogP contribution is 2.42. The number of likely N-dealkylation sites (tertiary alicyclic amines) is 1. The van der Waals surface area contributed by atoms with Gasteiger partial charge < -0.3 is 4.98 Å². The van der Waals surface area contributed by atoms with Gasteiger partial charge in [-0.2, -0.15) is 0 Å². The van der Waals surface area contributed by atoms with E-state index in [-0.39, 0.29) is 5.54 Å². The molecular weight excluding hydrogens is 336 g/mol. The van der Waals surface area contributed by atoms with Crippen LogP contribution in [0.3, 0.4) is 0 Å². The van der Waals surface area contributed by atoms with Gasteiger partial charge in [0.05, 0.1) is 0 Å². The van der Waals surface area contributed by atoms with Gasteiger partial charge in [-0.25, -0.2) is 0 Å². The normalized spacial score (nSPS) is 20.5. The molecule has 1 fully saturated rings. The number of aromatic amines is 1. The van der Waals surface area contributed by atoms with Crippen LogP contribution in [0.2, 0.25) is 0 Å². The molecule has 4 heterocycles. The monoisotopic (exact) mass is 358 g/mol. The molecular formula is C21H22N6. The van der Waals surface area contributed by atoms with Crippen LogP contribution >= 0.6 is 0 Å². The van der Waals surface area contributed by atoms with E-state index in [0.29, 0.717) is 0 Å². The molecule has 0 radical (unpaired) electrons. The number of hydrogen-bond donors (Lipinski definition) is 1. The summed E-state index contributed by atoms with van der Waals surface area (Å²) in [4.78, 5) is 10.3. The summed E-state index contributed by atoms with van der Waals surface area (Å²) in [6.45, 7) is 4.38. The Morgan fingerprint density at radius 1 is 1.19 bits per heavy atom. The van der Waals surface area contributed by atoms with E-state index in [1.165, 1.54) is 22.9 Å². The van der Waals surface area contributed by atoms with Crippen LogP contribution in [-0.4, -0.2) is 36.2 Å². The number of rotatable bonds is 4. The van der Waals surface area contributed by atoms with Gasteiger partial charge in [0.15, 0.2) is 0 Å². The summed E-state index contributed by atoms with van der Waals surface area (Å²) in [5, 5.41) is 9.12. The summed E-state index contributed by atoms with van der Waals surface area (Å²) in [6, 6.07) is 10.6. The molecule has 1 saturated heterocycles. The van der Waals surface area contributed by atoms with E-state index >= 15 is 0 Å². The fourth-order valence-corrected chi connectivity index (χ4v) is 4.34. The van der Waals surface area contributed by atoms with Crippen LogP contribution in [0, 0.1) is 0 Å². The Morgan fingerprint density at radius 3 is 2.89 bits per heavy atom. The van der Waals surface area contributed by atoms with Gasteiger partial charge in [0.2, 0.25) is 0 Å². The van der Waals surface area contributed by atoms with Crippen molar-refractivity contribution >= 4 is 10.9 Å². The fourth-order valence-electron chi connectivity index (χ4n) is 4.34. The maximum atomic E-state index is 4.28. The summed E-state index contributed by atoms with van der Waals surface area (Å²) in [6.07, 6.45) is 11.8. The third-order valence-electron chi connectivity index (χ3n) is 5.85. The van der Waals surface area contributed by atoms with Gasteiger partial charge in [0, 0.05) is 47.3 Å². The first kappa shape index (κ1) is 16.2. The van der Waals surface area contributed by atoms with Crippen LogP contribution in [0.1, 0.15) is 30.9 Å². The lowest BCUT2D eigenvalue weighted by Gasteiger charge is -2.35. The molecule has 0 amide bonds. The maximum Gasteiger partial charge on any atom is 0.123 e. The predicted octanol–water partition coefficient (Wildman–Crippen LogP) is 3.65. The molecule has 27 heavy (non-hydrogen) atoms. The molecule has 1 N–H and O–H groups in total. The predicted molar refractivity (Wildman–Crippen MR) is 104 cm³/mol. The van der Waals surface area contributed by atoms with E-state index in [0.717, 1.165) is 30.7 Å². The molecule has 0 spiro atoms. The Kier molecular flexibility index (Phi) is 3.79. The molecule has 6 heteroatoms. The minimum atomic E-state index is -0.0000966. The van der Waals surface area contributed by atoms with Crippen LogP contribution in [-0.2, 0) is 12.1 Å². The first-order valence-electron chi connectivity index (χ1n) is 9.35. The Balaban J connectivity index is 1.56. The highest BCUT2D eigenvalue weighted by Gasteiger charge is 2.39. The van der Waals surface area contributed by atoms with Crippen molar-refractivity contribution in [2.75, 3.05) is 6.54 Å². The van der Waals surface area contributed by atoms with Crippen LogP contribution in [0.15, 0.2) is 61.6 Å². The van der Waals surface area contributed by atoms with E-state index in [1.54, 1.807) is 12.7 Å². The zero-order valence-corrected chi connectivity index (χ0v) is 15.3. The summed E-state index contributed by atoms with van der Waals surface area (Å²) in [7, 11) is 0. The molecule has 1 aliphatic rings.